The Kier molecular flexibility index (Phi) is 3.66. The Bertz CT molecular complexity index is 466. The van der Waals surface area contributed by atoms with Crippen LogP contribution in [0.2, 0.25) is 4.34 Å². The Morgan fingerprint density at radius 2 is 2.25 bits per heavy atom. The van der Waals surface area contributed by atoms with Gasteiger partial charge in [-0.3, -0.25) is 5.84 Å². The fraction of sp³-hybridized carbons (Fsp3) is 0.273. The molecule has 3 nitrogen and oxygen atoms in total. The highest BCUT2D eigenvalue weighted by Gasteiger charge is 2.15. The molecule has 16 heavy (non-hydrogen) atoms. The van der Waals surface area contributed by atoms with Crippen LogP contribution in [0.25, 0.3) is 0 Å². The van der Waals surface area contributed by atoms with Crippen LogP contribution in [-0.4, -0.2) is 0 Å². The third kappa shape index (κ3) is 2.65. The van der Waals surface area contributed by atoms with Crippen LogP contribution in [-0.2, 0) is 6.42 Å². The predicted octanol–water partition coefficient (Wildman–Crippen LogP) is 3.05. The van der Waals surface area contributed by atoms with Crippen LogP contribution in [0.1, 0.15) is 22.4 Å². The van der Waals surface area contributed by atoms with Gasteiger partial charge in [0.2, 0.25) is 0 Å². The molecule has 0 amide bonds. The average Bonchev–Trinajstić information content (AvgIpc) is 2.84. The standard InChI is InChI=1S/C11H13ClN2OS/c1-7-2-4-10(15-7)9(14-13)6-8-3-5-11(12)16-8/h2-5,9,14H,6,13H2,1H3. The van der Waals surface area contributed by atoms with Crippen molar-refractivity contribution >= 4 is 22.9 Å². The van der Waals surface area contributed by atoms with Gasteiger partial charge in [-0.2, -0.15) is 0 Å². The first-order chi connectivity index (χ1) is 7.69. The van der Waals surface area contributed by atoms with Crippen LogP contribution in [0.5, 0.6) is 0 Å². The van der Waals surface area contributed by atoms with Crippen molar-refractivity contribution in [2.45, 2.75) is 19.4 Å². The van der Waals surface area contributed by atoms with Gasteiger partial charge in [-0.05, 0) is 31.2 Å². The average molecular weight is 257 g/mol. The van der Waals surface area contributed by atoms with Gasteiger partial charge in [0.15, 0.2) is 0 Å². The topological polar surface area (TPSA) is 51.2 Å². The minimum absolute atomic E-state index is 0.0107. The minimum atomic E-state index is -0.0107. The molecular weight excluding hydrogens is 244 g/mol. The summed E-state index contributed by atoms with van der Waals surface area (Å²) in [5, 5.41) is 0. The zero-order valence-electron chi connectivity index (χ0n) is 8.87. The molecular formula is C11H13ClN2OS. The predicted molar refractivity (Wildman–Crippen MR) is 66.5 cm³/mol. The second-order valence-electron chi connectivity index (χ2n) is 3.58. The van der Waals surface area contributed by atoms with E-state index in [-0.39, 0.29) is 6.04 Å². The lowest BCUT2D eigenvalue weighted by molar-refractivity contribution is 0.404. The van der Waals surface area contributed by atoms with Crippen LogP contribution >= 0.6 is 22.9 Å². The molecule has 2 aromatic rings. The molecule has 1 unspecified atom stereocenters. The maximum atomic E-state index is 5.88. The summed E-state index contributed by atoms with van der Waals surface area (Å²) in [5.41, 5.74) is 2.76. The normalized spacial score (nSPS) is 12.9. The van der Waals surface area contributed by atoms with Crippen LogP contribution in [0.3, 0.4) is 0 Å². The maximum absolute atomic E-state index is 5.88. The van der Waals surface area contributed by atoms with Crippen molar-refractivity contribution in [1.29, 1.82) is 0 Å². The minimum Gasteiger partial charge on any atom is -0.465 e. The van der Waals surface area contributed by atoms with E-state index in [1.807, 2.05) is 31.2 Å². The van der Waals surface area contributed by atoms with E-state index in [9.17, 15) is 0 Å². The number of nitrogens with two attached hydrogens (primary N) is 1. The molecule has 0 aliphatic heterocycles. The SMILES string of the molecule is Cc1ccc(C(Cc2ccc(Cl)s2)NN)o1. The zero-order chi connectivity index (χ0) is 11.5. The summed E-state index contributed by atoms with van der Waals surface area (Å²) in [7, 11) is 0. The van der Waals surface area contributed by atoms with E-state index < -0.39 is 0 Å². The molecule has 0 spiro atoms. The molecule has 2 rings (SSSR count). The van der Waals surface area contributed by atoms with Gasteiger partial charge in [0.05, 0.1) is 10.4 Å². The zero-order valence-corrected chi connectivity index (χ0v) is 10.4. The van der Waals surface area contributed by atoms with Crippen molar-refractivity contribution in [3.8, 4) is 0 Å². The molecule has 0 aliphatic carbocycles. The van der Waals surface area contributed by atoms with Gasteiger partial charge >= 0.3 is 0 Å². The van der Waals surface area contributed by atoms with Gasteiger partial charge in [-0.15, -0.1) is 11.3 Å². The molecule has 0 aliphatic rings. The highest BCUT2D eigenvalue weighted by Crippen LogP contribution is 2.26. The number of rotatable bonds is 4. The van der Waals surface area contributed by atoms with Crippen LogP contribution in [0.4, 0.5) is 0 Å². The molecule has 0 fully saturated rings. The first kappa shape index (κ1) is 11.7. The molecule has 0 radical (unpaired) electrons. The Morgan fingerprint density at radius 3 is 2.75 bits per heavy atom. The number of hydrogen-bond donors (Lipinski definition) is 2. The number of hydrogen-bond acceptors (Lipinski definition) is 4. The molecule has 0 saturated carbocycles. The highest BCUT2D eigenvalue weighted by atomic mass is 35.5. The quantitative estimate of drug-likeness (QED) is 0.653. The number of aryl methyl sites for hydroxylation is 1. The molecule has 86 valence electrons. The summed E-state index contributed by atoms with van der Waals surface area (Å²) in [5.74, 6) is 7.27. The first-order valence-electron chi connectivity index (χ1n) is 4.95. The van der Waals surface area contributed by atoms with E-state index in [0.717, 1.165) is 22.3 Å². The van der Waals surface area contributed by atoms with E-state index in [0.29, 0.717) is 0 Å². The van der Waals surface area contributed by atoms with Crippen LogP contribution in [0, 0.1) is 6.92 Å². The van der Waals surface area contributed by atoms with E-state index >= 15 is 0 Å². The number of hydrazine groups is 1. The fourth-order valence-corrected chi connectivity index (χ4v) is 2.68. The third-order valence-corrected chi connectivity index (χ3v) is 3.59. The molecule has 2 heterocycles. The van der Waals surface area contributed by atoms with Crippen LogP contribution in [0.15, 0.2) is 28.7 Å². The Hall–Kier alpha value is -0.810. The van der Waals surface area contributed by atoms with Crippen LogP contribution < -0.4 is 11.3 Å². The molecule has 0 bridgehead atoms. The smallest absolute Gasteiger partial charge is 0.122 e. The van der Waals surface area contributed by atoms with E-state index in [2.05, 4.69) is 5.43 Å². The second-order valence-corrected chi connectivity index (χ2v) is 5.38. The third-order valence-electron chi connectivity index (χ3n) is 2.34. The monoisotopic (exact) mass is 256 g/mol. The number of thiophene rings is 1. The Balaban J connectivity index is 2.12. The fourth-order valence-electron chi connectivity index (χ4n) is 1.54. The Morgan fingerprint density at radius 1 is 1.44 bits per heavy atom. The van der Waals surface area contributed by atoms with Gasteiger partial charge in [0.25, 0.3) is 0 Å². The van der Waals surface area contributed by atoms with Crippen molar-refractivity contribution < 1.29 is 4.42 Å². The lowest BCUT2D eigenvalue weighted by Crippen LogP contribution is -2.29. The van der Waals surface area contributed by atoms with Gasteiger partial charge in [-0.25, -0.2) is 5.43 Å². The summed E-state index contributed by atoms with van der Waals surface area (Å²) in [6, 6.07) is 7.76. The largest absolute Gasteiger partial charge is 0.465 e. The molecule has 5 heteroatoms. The number of nitrogens with one attached hydrogen (secondary N) is 1. The van der Waals surface area contributed by atoms with Gasteiger partial charge < -0.3 is 4.42 Å². The van der Waals surface area contributed by atoms with Gasteiger partial charge in [0.1, 0.15) is 11.5 Å². The Labute approximate surface area is 103 Å². The maximum Gasteiger partial charge on any atom is 0.122 e. The summed E-state index contributed by atoms with van der Waals surface area (Å²) in [6.45, 7) is 1.92. The van der Waals surface area contributed by atoms with E-state index in [1.165, 1.54) is 4.88 Å². The molecule has 0 aromatic carbocycles. The molecule has 2 aromatic heterocycles. The molecule has 3 N–H and O–H groups in total. The van der Waals surface area contributed by atoms with E-state index in [4.69, 9.17) is 21.9 Å². The summed E-state index contributed by atoms with van der Waals surface area (Å²) in [6.07, 6.45) is 0.779. The van der Waals surface area contributed by atoms with Gasteiger partial charge in [0, 0.05) is 11.3 Å². The summed E-state index contributed by atoms with van der Waals surface area (Å²) < 4.78 is 6.34. The number of halogens is 1. The molecule has 0 saturated heterocycles. The molecule has 1 atom stereocenters. The van der Waals surface area contributed by atoms with E-state index in [1.54, 1.807) is 11.3 Å². The van der Waals surface area contributed by atoms with Crippen molar-refractivity contribution in [2.24, 2.45) is 5.84 Å². The van der Waals surface area contributed by atoms with Gasteiger partial charge in [-0.1, -0.05) is 11.6 Å². The van der Waals surface area contributed by atoms with Crippen molar-refractivity contribution in [3.63, 3.8) is 0 Å². The van der Waals surface area contributed by atoms with Crippen molar-refractivity contribution in [2.75, 3.05) is 0 Å². The number of furan rings is 1. The lowest BCUT2D eigenvalue weighted by Gasteiger charge is -2.11. The van der Waals surface area contributed by atoms with Crippen molar-refractivity contribution in [1.82, 2.24) is 5.43 Å². The highest BCUT2D eigenvalue weighted by molar-refractivity contribution is 7.16. The summed E-state index contributed by atoms with van der Waals surface area (Å²) >= 11 is 7.44. The summed E-state index contributed by atoms with van der Waals surface area (Å²) in [4.78, 5) is 1.18. The first-order valence-corrected chi connectivity index (χ1v) is 6.15. The van der Waals surface area contributed by atoms with Crippen molar-refractivity contribution in [3.05, 3.63) is 45.0 Å². The lowest BCUT2D eigenvalue weighted by atomic mass is 10.1. The second kappa shape index (κ2) is 5.01.